The number of hydrogen-bond acceptors (Lipinski definition) is 4. The SMILES string of the molecule is CCS(=O)(=O)Nc1ccc(NC(=O)c2cccn2Cc2cccs2)cc1C. The Hall–Kier alpha value is -2.58. The third kappa shape index (κ3) is 4.78. The van der Waals surface area contributed by atoms with Gasteiger partial charge >= 0.3 is 0 Å². The third-order valence-electron chi connectivity index (χ3n) is 4.10. The van der Waals surface area contributed by atoms with Crippen molar-refractivity contribution in [2.75, 3.05) is 15.8 Å². The van der Waals surface area contributed by atoms with Crippen LogP contribution in [0.15, 0.2) is 54.0 Å². The minimum Gasteiger partial charge on any atom is -0.338 e. The maximum atomic E-state index is 12.7. The van der Waals surface area contributed by atoms with Gasteiger partial charge in [-0.2, -0.15) is 0 Å². The molecule has 0 aliphatic rings. The highest BCUT2D eigenvalue weighted by molar-refractivity contribution is 7.92. The van der Waals surface area contributed by atoms with Gasteiger partial charge in [-0.05, 0) is 61.2 Å². The molecular weight excluding hydrogens is 382 g/mol. The molecule has 0 atom stereocenters. The fraction of sp³-hybridized carbons (Fsp3) is 0.211. The van der Waals surface area contributed by atoms with Gasteiger partial charge in [0.15, 0.2) is 0 Å². The highest BCUT2D eigenvalue weighted by atomic mass is 32.2. The van der Waals surface area contributed by atoms with Gasteiger partial charge in [-0.3, -0.25) is 9.52 Å². The Labute approximate surface area is 162 Å². The lowest BCUT2D eigenvalue weighted by Crippen LogP contribution is -2.18. The minimum atomic E-state index is -3.34. The molecule has 2 N–H and O–H groups in total. The van der Waals surface area contributed by atoms with E-state index < -0.39 is 10.0 Å². The number of aromatic nitrogens is 1. The standard InChI is InChI=1S/C19H21N3O3S2/c1-3-27(24,25)21-17-9-8-15(12-14(17)2)20-19(23)18-7-4-10-22(18)13-16-6-5-11-26-16/h4-12,21H,3,13H2,1-2H3,(H,20,23). The number of benzene rings is 1. The molecule has 0 radical (unpaired) electrons. The van der Waals surface area contributed by atoms with Crippen molar-refractivity contribution in [2.45, 2.75) is 20.4 Å². The zero-order valence-electron chi connectivity index (χ0n) is 15.1. The lowest BCUT2D eigenvalue weighted by molar-refractivity contribution is 0.101. The quantitative estimate of drug-likeness (QED) is 0.627. The summed E-state index contributed by atoms with van der Waals surface area (Å²) >= 11 is 1.65. The molecule has 27 heavy (non-hydrogen) atoms. The highest BCUT2D eigenvalue weighted by Crippen LogP contribution is 2.22. The first kappa shape index (κ1) is 19.2. The number of carbonyl (C=O) groups excluding carboxylic acids is 1. The fourth-order valence-electron chi connectivity index (χ4n) is 2.62. The van der Waals surface area contributed by atoms with E-state index in [1.165, 1.54) is 4.88 Å². The van der Waals surface area contributed by atoms with E-state index in [0.29, 0.717) is 23.6 Å². The number of anilines is 2. The average Bonchev–Trinajstić information content (AvgIpc) is 3.29. The van der Waals surface area contributed by atoms with Crippen molar-refractivity contribution >= 4 is 38.6 Å². The Morgan fingerprint density at radius 2 is 2.00 bits per heavy atom. The Morgan fingerprint density at radius 1 is 1.19 bits per heavy atom. The van der Waals surface area contributed by atoms with E-state index in [9.17, 15) is 13.2 Å². The molecule has 8 heteroatoms. The fourth-order valence-corrected chi connectivity index (χ4v) is 4.03. The number of sulfonamides is 1. The van der Waals surface area contributed by atoms with Crippen LogP contribution < -0.4 is 10.0 Å². The summed E-state index contributed by atoms with van der Waals surface area (Å²) in [6, 6.07) is 12.7. The van der Waals surface area contributed by atoms with Crippen LogP contribution in [-0.2, 0) is 16.6 Å². The van der Waals surface area contributed by atoms with Gasteiger partial charge in [-0.15, -0.1) is 11.3 Å². The van der Waals surface area contributed by atoms with Crippen LogP contribution in [0, 0.1) is 6.92 Å². The number of nitrogens with zero attached hydrogens (tertiary/aromatic N) is 1. The first-order valence-electron chi connectivity index (χ1n) is 8.48. The third-order valence-corrected chi connectivity index (χ3v) is 6.25. The molecule has 0 saturated heterocycles. The molecular formula is C19H21N3O3S2. The first-order valence-corrected chi connectivity index (χ1v) is 11.0. The average molecular weight is 404 g/mol. The van der Waals surface area contributed by atoms with Crippen molar-refractivity contribution in [1.82, 2.24) is 4.57 Å². The van der Waals surface area contributed by atoms with Crippen LogP contribution in [0.4, 0.5) is 11.4 Å². The zero-order valence-corrected chi connectivity index (χ0v) is 16.7. The number of thiophene rings is 1. The van der Waals surface area contributed by atoms with Gasteiger partial charge in [0.25, 0.3) is 5.91 Å². The Bertz CT molecular complexity index is 1040. The van der Waals surface area contributed by atoms with Crippen LogP contribution in [0.25, 0.3) is 0 Å². The second-order valence-electron chi connectivity index (χ2n) is 6.09. The molecule has 2 aromatic heterocycles. The molecule has 0 bridgehead atoms. The van der Waals surface area contributed by atoms with E-state index in [1.54, 1.807) is 49.4 Å². The van der Waals surface area contributed by atoms with Crippen molar-refractivity contribution in [1.29, 1.82) is 0 Å². The predicted octanol–water partition coefficient (Wildman–Crippen LogP) is 3.92. The largest absolute Gasteiger partial charge is 0.338 e. The van der Waals surface area contributed by atoms with E-state index >= 15 is 0 Å². The normalized spacial score (nSPS) is 11.3. The van der Waals surface area contributed by atoms with Crippen molar-refractivity contribution in [3.8, 4) is 0 Å². The summed E-state index contributed by atoms with van der Waals surface area (Å²) < 4.78 is 27.9. The van der Waals surface area contributed by atoms with Gasteiger partial charge in [0.2, 0.25) is 10.0 Å². The smallest absolute Gasteiger partial charge is 0.272 e. The van der Waals surface area contributed by atoms with Crippen LogP contribution in [0.2, 0.25) is 0 Å². The number of nitrogens with one attached hydrogen (secondary N) is 2. The zero-order chi connectivity index (χ0) is 19.4. The summed E-state index contributed by atoms with van der Waals surface area (Å²) in [4.78, 5) is 13.8. The Balaban J connectivity index is 1.73. The van der Waals surface area contributed by atoms with Gasteiger partial charge in [-0.1, -0.05) is 6.07 Å². The molecule has 142 valence electrons. The van der Waals surface area contributed by atoms with E-state index in [2.05, 4.69) is 10.0 Å². The van der Waals surface area contributed by atoms with E-state index in [0.717, 1.165) is 5.56 Å². The second-order valence-corrected chi connectivity index (χ2v) is 9.13. The lowest BCUT2D eigenvalue weighted by atomic mass is 10.2. The van der Waals surface area contributed by atoms with Gasteiger partial charge < -0.3 is 9.88 Å². The maximum absolute atomic E-state index is 12.7. The Kier molecular flexibility index (Phi) is 5.67. The molecule has 1 aromatic carbocycles. The molecule has 3 aromatic rings. The number of amides is 1. The Morgan fingerprint density at radius 3 is 2.67 bits per heavy atom. The summed E-state index contributed by atoms with van der Waals surface area (Å²) in [7, 11) is -3.34. The maximum Gasteiger partial charge on any atom is 0.272 e. The summed E-state index contributed by atoms with van der Waals surface area (Å²) in [5.74, 6) is -0.204. The molecule has 1 amide bonds. The van der Waals surface area contributed by atoms with Crippen LogP contribution in [0.5, 0.6) is 0 Å². The number of carbonyl (C=O) groups is 1. The second kappa shape index (κ2) is 7.98. The van der Waals surface area contributed by atoms with Gasteiger partial charge in [0, 0.05) is 16.8 Å². The van der Waals surface area contributed by atoms with E-state index in [4.69, 9.17) is 0 Å². The molecule has 0 aliphatic carbocycles. The first-order chi connectivity index (χ1) is 12.9. The molecule has 0 spiro atoms. The number of rotatable bonds is 7. The molecule has 3 rings (SSSR count). The van der Waals surface area contributed by atoms with Crippen LogP contribution in [-0.4, -0.2) is 24.6 Å². The predicted molar refractivity (Wildman–Crippen MR) is 110 cm³/mol. The summed E-state index contributed by atoms with van der Waals surface area (Å²) in [5.41, 5.74) is 2.42. The number of hydrogen-bond donors (Lipinski definition) is 2. The van der Waals surface area contributed by atoms with Crippen molar-refractivity contribution in [2.24, 2.45) is 0 Å². The molecule has 6 nitrogen and oxygen atoms in total. The topological polar surface area (TPSA) is 80.2 Å². The van der Waals surface area contributed by atoms with Crippen molar-refractivity contribution < 1.29 is 13.2 Å². The summed E-state index contributed by atoms with van der Waals surface area (Å²) in [5, 5.41) is 4.89. The molecule has 0 unspecified atom stereocenters. The van der Waals surface area contributed by atoms with Crippen LogP contribution in [0.3, 0.4) is 0 Å². The monoisotopic (exact) mass is 403 g/mol. The minimum absolute atomic E-state index is 0.00611. The summed E-state index contributed by atoms with van der Waals surface area (Å²) in [6.45, 7) is 4.02. The molecule has 2 heterocycles. The molecule has 0 fully saturated rings. The van der Waals surface area contributed by atoms with Gasteiger partial charge in [-0.25, -0.2) is 8.42 Å². The highest BCUT2D eigenvalue weighted by Gasteiger charge is 2.13. The van der Waals surface area contributed by atoms with Crippen molar-refractivity contribution in [3.05, 3.63) is 70.2 Å². The number of aryl methyl sites for hydroxylation is 1. The molecule has 0 saturated carbocycles. The van der Waals surface area contributed by atoms with Crippen molar-refractivity contribution in [3.63, 3.8) is 0 Å². The van der Waals surface area contributed by atoms with Crippen LogP contribution in [0.1, 0.15) is 27.9 Å². The molecule has 0 aliphatic heterocycles. The summed E-state index contributed by atoms with van der Waals surface area (Å²) in [6.07, 6.45) is 1.88. The van der Waals surface area contributed by atoms with Crippen LogP contribution >= 0.6 is 11.3 Å². The van der Waals surface area contributed by atoms with E-state index in [1.807, 2.05) is 34.3 Å². The van der Waals surface area contributed by atoms with E-state index in [-0.39, 0.29) is 11.7 Å². The van der Waals surface area contributed by atoms with Gasteiger partial charge in [0.1, 0.15) is 5.69 Å². The van der Waals surface area contributed by atoms with Gasteiger partial charge in [0.05, 0.1) is 18.0 Å². The lowest BCUT2D eigenvalue weighted by Gasteiger charge is -2.12.